The first kappa shape index (κ1) is 14.2. The van der Waals surface area contributed by atoms with E-state index in [0.717, 1.165) is 56.5 Å². The number of nitrogens with zero attached hydrogens (tertiary/aromatic N) is 5. The van der Waals surface area contributed by atoms with Gasteiger partial charge < -0.3 is 8.98 Å². The molecule has 2 aromatic heterocycles. The number of para-hydroxylation sites is 1. The Labute approximate surface area is 140 Å². The molecular formula is C18H21N5O. The first-order valence-corrected chi connectivity index (χ1v) is 8.58. The highest BCUT2D eigenvalue weighted by Gasteiger charge is 2.34. The van der Waals surface area contributed by atoms with Crippen molar-refractivity contribution in [1.82, 2.24) is 24.6 Å². The summed E-state index contributed by atoms with van der Waals surface area (Å²) >= 11 is 0. The number of fused-ring (bicyclic) bond motifs is 2. The van der Waals surface area contributed by atoms with Gasteiger partial charge in [0.1, 0.15) is 17.2 Å². The van der Waals surface area contributed by atoms with Crippen LogP contribution in [0.25, 0.3) is 11.0 Å². The fourth-order valence-electron chi connectivity index (χ4n) is 3.93. The van der Waals surface area contributed by atoms with Crippen molar-refractivity contribution in [2.24, 2.45) is 0 Å². The van der Waals surface area contributed by atoms with Crippen LogP contribution in [0, 0.1) is 6.92 Å². The van der Waals surface area contributed by atoms with Crippen molar-refractivity contribution in [2.75, 3.05) is 19.6 Å². The lowest BCUT2D eigenvalue weighted by atomic mass is 10.0. The van der Waals surface area contributed by atoms with E-state index in [2.05, 4.69) is 36.7 Å². The van der Waals surface area contributed by atoms with Gasteiger partial charge in [-0.25, -0.2) is 0 Å². The van der Waals surface area contributed by atoms with Gasteiger partial charge in [0.2, 0.25) is 0 Å². The molecule has 0 saturated carbocycles. The molecule has 0 N–H and O–H groups in total. The predicted molar refractivity (Wildman–Crippen MR) is 90.4 cm³/mol. The molecule has 0 radical (unpaired) electrons. The molecule has 5 rings (SSSR count). The molecule has 1 saturated heterocycles. The molecule has 0 amide bonds. The number of rotatable bonds is 3. The molecule has 0 spiro atoms. The molecule has 2 aliphatic heterocycles. The van der Waals surface area contributed by atoms with E-state index in [1.807, 2.05) is 25.3 Å². The number of furan rings is 1. The second kappa shape index (κ2) is 5.43. The monoisotopic (exact) mass is 323 g/mol. The summed E-state index contributed by atoms with van der Waals surface area (Å²) in [6.07, 6.45) is 1.91. The Morgan fingerprint density at radius 3 is 2.96 bits per heavy atom. The van der Waals surface area contributed by atoms with Gasteiger partial charge in [0.05, 0.1) is 12.8 Å². The van der Waals surface area contributed by atoms with E-state index >= 15 is 0 Å². The predicted octanol–water partition coefficient (Wildman–Crippen LogP) is 2.03. The lowest BCUT2D eigenvalue weighted by molar-refractivity contribution is 0.0130. The van der Waals surface area contributed by atoms with Crippen molar-refractivity contribution in [3.63, 3.8) is 0 Å². The highest BCUT2D eigenvalue weighted by Crippen LogP contribution is 2.26. The zero-order valence-electron chi connectivity index (χ0n) is 13.9. The van der Waals surface area contributed by atoms with Gasteiger partial charge >= 0.3 is 0 Å². The second-order valence-corrected chi connectivity index (χ2v) is 6.89. The summed E-state index contributed by atoms with van der Waals surface area (Å²) in [7, 11) is 0. The van der Waals surface area contributed by atoms with Crippen molar-refractivity contribution in [1.29, 1.82) is 0 Å². The second-order valence-electron chi connectivity index (χ2n) is 6.89. The Balaban J connectivity index is 1.22. The molecule has 2 aliphatic rings. The Morgan fingerprint density at radius 2 is 2.04 bits per heavy atom. The van der Waals surface area contributed by atoms with Crippen molar-refractivity contribution in [2.45, 2.75) is 32.6 Å². The number of hydrogen-bond donors (Lipinski definition) is 0. The molecule has 1 aromatic carbocycles. The smallest absolute Gasteiger partial charge is 0.147 e. The minimum Gasteiger partial charge on any atom is -0.464 e. The lowest BCUT2D eigenvalue weighted by Crippen LogP contribution is -2.59. The average Bonchev–Trinajstić information content (AvgIpc) is 3.14. The maximum atomic E-state index is 5.65. The van der Waals surface area contributed by atoms with Crippen LogP contribution in [0.1, 0.15) is 17.2 Å². The lowest BCUT2D eigenvalue weighted by Gasteiger charge is -2.46. The largest absolute Gasteiger partial charge is 0.464 e. The van der Waals surface area contributed by atoms with Gasteiger partial charge in [-0.05, 0) is 13.0 Å². The molecule has 6 nitrogen and oxygen atoms in total. The number of likely N-dealkylation sites (tertiary alicyclic amines) is 1. The van der Waals surface area contributed by atoms with Gasteiger partial charge in [-0.3, -0.25) is 9.80 Å². The van der Waals surface area contributed by atoms with Crippen molar-refractivity contribution >= 4 is 11.0 Å². The van der Waals surface area contributed by atoms with E-state index in [0.29, 0.717) is 6.04 Å². The third-order valence-corrected chi connectivity index (χ3v) is 5.38. The van der Waals surface area contributed by atoms with E-state index in [9.17, 15) is 0 Å². The molecule has 0 atom stereocenters. The van der Waals surface area contributed by atoms with E-state index in [4.69, 9.17) is 4.42 Å². The van der Waals surface area contributed by atoms with E-state index < -0.39 is 0 Å². The molecule has 24 heavy (non-hydrogen) atoms. The summed E-state index contributed by atoms with van der Waals surface area (Å²) in [6.45, 7) is 8.27. The molecule has 1 fully saturated rings. The van der Waals surface area contributed by atoms with E-state index in [1.165, 1.54) is 10.9 Å². The van der Waals surface area contributed by atoms with Crippen molar-refractivity contribution in [3.05, 3.63) is 47.7 Å². The molecule has 0 aliphatic carbocycles. The van der Waals surface area contributed by atoms with Crippen LogP contribution in [0.5, 0.6) is 0 Å². The van der Waals surface area contributed by atoms with E-state index in [-0.39, 0.29) is 0 Å². The summed E-state index contributed by atoms with van der Waals surface area (Å²) in [5.74, 6) is 2.14. The van der Waals surface area contributed by atoms with Gasteiger partial charge in [0.25, 0.3) is 0 Å². The first-order chi connectivity index (χ1) is 11.8. The van der Waals surface area contributed by atoms with Crippen LogP contribution in [0.4, 0.5) is 0 Å². The zero-order valence-corrected chi connectivity index (χ0v) is 13.9. The highest BCUT2D eigenvalue weighted by atomic mass is 16.3. The molecule has 124 valence electrons. The van der Waals surface area contributed by atoms with Crippen LogP contribution < -0.4 is 0 Å². The molecule has 6 heteroatoms. The maximum absolute atomic E-state index is 5.65. The molecule has 3 aromatic rings. The number of benzene rings is 1. The minimum atomic E-state index is 0.633. The highest BCUT2D eigenvalue weighted by molar-refractivity contribution is 5.80. The van der Waals surface area contributed by atoms with Crippen molar-refractivity contribution < 1.29 is 4.42 Å². The summed E-state index contributed by atoms with van der Waals surface area (Å²) in [4.78, 5) is 5.04. The SMILES string of the molecule is Cc1nnc2n1CCN(C1CN(Cc3coc4ccccc34)C1)C2. The third kappa shape index (κ3) is 2.25. The van der Waals surface area contributed by atoms with Gasteiger partial charge in [-0.15, -0.1) is 10.2 Å². The number of hydrogen-bond acceptors (Lipinski definition) is 5. The molecule has 0 bridgehead atoms. The zero-order chi connectivity index (χ0) is 16.1. The first-order valence-electron chi connectivity index (χ1n) is 8.58. The fraction of sp³-hybridized carbons (Fsp3) is 0.444. The summed E-state index contributed by atoms with van der Waals surface area (Å²) < 4.78 is 7.89. The number of aromatic nitrogens is 3. The number of aryl methyl sites for hydroxylation is 1. The van der Waals surface area contributed by atoms with Gasteiger partial charge in [0.15, 0.2) is 0 Å². The quantitative estimate of drug-likeness (QED) is 0.738. The Kier molecular flexibility index (Phi) is 3.21. The van der Waals surface area contributed by atoms with Gasteiger partial charge in [-0.2, -0.15) is 0 Å². The summed E-state index contributed by atoms with van der Waals surface area (Å²) in [5, 5.41) is 9.74. The van der Waals surface area contributed by atoms with Crippen LogP contribution >= 0.6 is 0 Å². The molecule has 4 heterocycles. The Bertz CT molecular complexity index is 877. The van der Waals surface area contributed by atoms with Gasteiger partial charge in [0, 0.05) is 49.7 Å². The van der Waals surface area contributed by atoms with E-state index in [1.54, 1.807) is 0 Å². The average molecular weight is 323 g/mol. The topological polar surface area (TPSA) is 50.3 Å². The summed E-state index contributed by atoms with van der Waals surface area (Å²) in [5.41, 5.74) is 2.27. The van der Waals surface area contributed by atoms with Crippen LogP contribution in [0.3, 0.4) is 0 Å². The standard InChI is InChI=1S/C18H21N5O/c1-13-19-20-18-11-22(6-7-23(13)18)15-9-21(10-15)8-14-12-24-17-5-3-2-4-16(14)17/h2-5,12,15H,6-11H2,1H3. The summed E-state index contributed by atoms with van der Waals surface area (Å²) in [6, 6.07) is 8.90. The third-order valence-electron chi connectivity index (χ3n) is 5.38. The van der Waals surface area contributed by atoms with Crippen LogP contribution in [-0.2, 0) is 19.6 Å². The maximum Gasteiger partial charge on any atom is 0.147 e. The Hall–Kier alpha value is -2.18. The van der Waals surface area contributed by atoms with Crippen LogP contribution in [0.15, 0.2) is 34.9 Å². The van der Waals surface area contributed by atoms with Gasteiger partial charge in [-0.1, -0.05) is 18.2 Å². The normalized spacial score (nSPS) is 19.5. The molecule has 0 unspecified atom stereocenters. The minimum absolute atomic E-state index is 0.633. The van der Waals surface area contributed by atoms with Crippen molar-refractivity contribution in [3.8, 4) is 0 Å². The molecular weight excluding hydrogens is 302 g/mol. The Morgan fingerprint density at radius 1 is 1.17 bits per heavy atom. The van der Waals surface area contributed by atoms with Crippen LogP contribution in [-0.4, -0.2) is 50.2 Å². The fourth-order valence-corrected chi connectivity index (χ4v) is 3.93. The van der Waals surface area contributed by atoms with Crippen LogP contribution in [0.2, 0.25) is 0 Å².